The number of aliphatic imine (C=N–C) groups is 1. The minimum absolute atomic E-state index is 0. The fourth-order valence-electron chi connectivity index (χ4n) is 3.13. The van der Waals surface area contributed by atoms with Gasteiger partial charge in [0.25, 0.3) is 0 Å². The van der Waals surface area contributed by atoms with Gasteiger partial charge < -0.3 is 15.4 Å². The van der Waals surface area contributed by atoms with Gasteiger partial charge in [0.05, 0.1) is 13.2 Å². The van der Waals surface area contributed by atoms with Crippen LogP contribution in [0.2, 0.25) is 5.02 Å². The summed E-state index contributed by atoms with van der Waals surface area (Å²) < 4.78 is 5.70. The molecule has 1 fully saturated rings. The number of guanidine groups is 1. The van der Waals surface area contributed by atoms with E-state index in [2.05, 4.69) is 16.8 Å². The molecule has 0 amide bonds. The molecule has 6 heteroatoms. The fraction of sp³-hybridized carbons (Fsp3) is 0.562. The lowest BCUT2D eigenvalue weighted by molar-refractivity contribution is 0.270. The third-order valence-corrected chi connectivity index (χ3v) is 4.44. The maximum absolute atomic E-state index is 6.17. The van der Waals surface area contributed by atoms with Gasteiger partial charge in [-0.25, -0.2) is 4.99 Å². The van der Waals surface area contributed by atoms with Crippen molar-refractivity contribution in [1.82, 2.24) is 4.90 Å². The number of likely N-dealkylation sites (tertiary alicyclic amines) is 1. The number of benzene rings is 1. The minimum Gasteiger partial charge on any atom is -0.493 e. The molecule has 0 spiro atoms. The van der Waals surface area contributed by atoms with E-state index in [1.165, 1.54) is 18.4 Å². The highest BCUT2D eigenvalue weighted by Gasteiger charge is 2.19. The van der Waals surface area contributed by atoms with Crippen molar-refractivity contribution in [3.8, 4) is 5.75 Å². The number of nitrogens with zero attached hydrogens (tertiary/aromatic N) is 2. The summed E-state index contributed by atoms with van der Waals surface area (Å²) in [6.07, 6.45) is 3.39. The van der Waals surface area contributed by atoms with Crippen LogP contribution in [0, 0.1) is 5.92 Å². The number of rotatable bonds is 2. The fourth-order valence-corrected chi connectivity index (χ4v) is 3.39. The second kappa shape index (κ2) is 7.73. The van der Waals surface area contributed by atoms with Crippen LogP contribution >= 0.6 is 35.6 Å². The highest BCUT2D eigenvalue weighted by atomic mass is 127. The Morgan fingerprint density at radius 2 is 2.32 bits per heavy atom. The average Bonchev–Trinajstić information content (AvgIpc) is 2.92. The summed E-state index contributed by atoms with van der Waals surface area (Å²) in [5, 5.41) is 0.745. The lowest BCUT2D eigenvalue weighted by Gasteiger charge is -2.31. The van der Waals surface area contributed by atoms with Crippen molar-refractivity contribution in [3.63, 3.8) is 0 Å². The standard InChI is InChI=1S/C16H22ClN3O.HI/c1-11-3-2-5-20(10-11)16(18)19-9-13-8-14(17)7-12-4-6-21-15(12)13;/h7-8,11H,2-6,9-10H2,1H3,(H2,18,19);1H. The van der Waals surface area contributed by atoms with Gasteiger partial charge in [0.2, 0.25) is 0 Å². The molecule has 1 saturated heterocycles. The summed E-state index contributed by atoms with van der Waals surface area (Å²) in [5.74, 6) is 2.27. The molecule has 0 aliphatic carbocycles. The van der Waals surface area contributed by atoms with Crippen molar-refractivity contribution in [1.29, 1.82) is 0 Å². The van der Waals surface area contributed by atoms with E-state index in [0.717, 1.165) is 42.5 Å². The van der Waals surface area contributed by atoms with Crippen molar-refractivity contribution >= 4 is 41.5 Å². The Morgan fingerprint density at radius 1 is 1.50 bits per heavy atom. The Morgan fingerprint density at radius 3 is 3.09 bits per heavy atom. The van der Waals surface area contributed by atoms with Crippen LogP contribution in [-0.2, 0) is 13.0 Å². The molecule has 2 aliphatic heterocycles. The van der Waals surface area contributed by atoms with E-state index in [9.17, 15) is 0 Å². The molecule has 1 aromatic rings. The number of hydrogen-bond acceptors (Lipinski definition) is 2. The molecule has 0 radical (unpaired) electrons. The Hall–Kier alpha value is -0.690. The van der Waals surface area contributed by atoms with Crippen LogP contribution in [0.3, 0.4) is 0 Å². The first kappa shape index (κ1) is 17.7. The van der Waals surface area contributed by atoms with Crippen molar-refractivity contribution in [2.24, 2.45) is 16.6 Å². The summed E-state index contributed by atoms with van der Waals surface area (Å²) in [6.45, 7) is 5.52. The molecule has 4 nitrogen and oxygen atoms in total. The lowest BCUT2D eigenvalue weighted by atomic mass is 10.0. The van der Waals surface area contributed by atoms with Gasteiger partial charge in [-0.05, 0) is 36.5 Å². The van der Waals surface area contributed by atoms with Gasteiger partial charge >= 0.3 is 0 Å². The molecule has 2 aliphatic rings. The van der Waals surface area contributed by atoms with Gasteiger partial charge in [-0.2, -0.15) is 0 Å². The van der Waals surface area contributed by atoms with Crippen LogP contribution in [0.4, 0.5) is 0 Å². The van der Waals surface area contributed by atoms with Gasteiger partial charge in [-0.1, -0.05) is 18.5 Å². The molecular formula is C16H23ClIN3O. The van der Waals surface area contributed by atoms with E-state index in [-0.39, 0.29) is 24.0 Å². The molecule has 2 N–H and O–H groups in total. The Kier molecular flexibility index (Phi) is 6.20. The van der Waals surface area contributed by atoms with Gasteiger partial charge in [0.1, 0.15) is 5.75 Å². The highest BCUT2D eigenvalue weighted by molar-refractivity contribution is 14.0. The summed E-state index contributed by atoms with van der Waals surface area (Å²) in [7, 11) is 0. The van der Waals surface area contributed by atoms with Gasteiger partial charge in [0, 0.05) is 30.1 Å². The minimum atomic E-state index is 0. The van der Waals surface area contributed by atoms with Crippen LogP contribution in [0.25, 0.3) is 0 Å². The third-order valence-electron chi connectivity index (χ3n) is 4.22. The molecule has 1 aromatic carbocycles. The second-order valence-electron chi connectivity index (χ2n) is 6.02. The topological polar surface area (TPSA) is 50.8 Å². The molecule has 0 bridgehead atoms. The predicted molar refractivity (Wildman–Crippen MR) is 101 cm³/mol. The Balaban J connectivity index is 0.00000176. The van der Waals surface area contributed by atoms with Gasteiger partial charge in [-0.15, -0.1) is 24.0 Å². The molecule has 2 heterocycles. The molecule has 122 valence electrons. The monoisotopic (exact) mass is 435 g/mol. The molecule has 1 atom stereocenters. The van der Waals surface area contributed by atoms with E-state index in [0.29, 0.717) is 18.4 Å². The molecule has 3 rings (SSSR count). The molecule has 0 saturated carbocycles. The number of hydrogen-bond donors (Lipinski definition) is 1. The number of nitrogens with two attached hydrogens (primary N) is 1. The van der Waals surface area contributed by atoms with E-state index in [1.807, 2.05) is 12.1 Å². The first-order valence-corrected chi connectivity index (χ1v) is 8.00. The van der Waals surface area contributed by atoms with Crippen molar-refractivity contribution in [2.45, 2.75) is 32.7 Å². The number of ether oxygens (including phenoxy) is 1. The Bertz CT molecular complexity index is 565. The predicted octanol–water partition coefficient (Wildman–Crippen LogP) is 3.44. The largest absolute Gasteiger partial charge is 0.493 e. The molecule has 0 aromatic heterocycles. The van der Waals surface area contributed by atoms with Crippen molar-refractivity contribution in [3.05, 3.63) is 28.3 Å². The molecule has 22 heavy (non-hydrogen) atoms. The van der Waals surface area contributed by atoms with Crippen LogP contribution in [0.1, 0.15) is 30.9 Å². The average molecular weight is 436 g/mol. The molecular weight excluding hydrogens is 413 g/mol. The summed E-state index contributed by atoms with van der Waals surface area (Å²) in [4.78, 5) is 6.73. The summed E-state index contributed by atoms with van der Waals surface area (Å²) in [5.41, 5.74) is 8.35. The van der Waals surface area contributed by atoms with Crippen molar-refractivity contribution in [2.75, 3.05) is 19.7 Å². The Labute approximate surface area is 154 Å². The van der Waals surface area contributed by atoms with E-state index >= 15 is 0 Å². The first-order valence-electron chi connectivity index (χ1n) is 7.62. The number of fused-ring (bicyclic) bond motifs is 1. The number of halogens is 2. The highest BCUT2D eigenvalue weighted by Crippen LogP contribution is 2.33. The maximum atomic E-state index is 6.17. The number of piperidine rings is 1. The van der Waals surface area contributed by atoms with Gasteiger partial charge in [-0.3, -0.25) is 0 Å². The smallest absolute Gasteiger partial charge is 0.191 e. The second-order valence-corrected chi connectivity index (χ2v) is 6.46. The van der Waals surface area contributed by atoms with E-state index < -0.39 is 0 Å². The zero-order valence-electron chi connectivity index (χ0n) is 12.8. The van der Waals surface area contributed by atoms with E-state index in [1.54, 1.807) is 0 Å². The zero-order valence-corrected chi connectivity index (χ0v) is 15.9. The maximum Gasteiger partial charge on any atom is 0.191 e. The SMILES string of the molecule is CC1CCCN(C(N)=NCc2cc(Cl)cc3c2OCC3)C1.I. The van der Waals surface area contributed by atoms with Crippen LogP contribution in [0.15, 0.2) is 17.1 Å². The van der Waals surface area contributed by atoms with Crippen LogP contribution in [0.5, 0.6) is 5.75 Å². The summed E-state index contributed by atoms with van der Waals surface area (Å²) in [6, 6.07) is 3.91. The van der Waals surface area contributed by atoms with Crippen LogP contribution < -0.4 is 10.5 Å². The first-order chi connectivity index (χ1) is 10.1. The third kappa shape index (κ3) is 3.98. The van der Waals surface area contributed by atoms with E-state index in [4.69, 9.17) is 22.1 Å². The van der Waals surface area contributed by atoms with Gasteiger partial charge in [0.15, 0.2) is 5.96 Å². The lowest BCUT2D eigenvalue weighted by Crippen LogP contribution is -2.43. The zero-order chi connectivity index (χ0) is 14.8. The normalized spacial score (nSPS) is 21.1. The van der Waals surface area contributed by atoms with Crippen molar-refractivity contribution < 1.29 is 4.74 Å². The quantitative estimate of drug-likeness (QED) is 0.440. The van der Waals surface area contributed by atoms with Crippen LogP contribution in [-0.4, -0.2) is 30.6 Å². The molecule has 1 unspecified atom stereocenters. The summed E-state index contributed by atoms with van der Waals surface area (Å²) >= 11 is 6.17.